The van der Waals surface area contributed by atoms with Gasteiger partial charge < -0.3 is 29.7 Å². The predicted octanol–water partition coefficient (Wildman–Crippen LogP) is 2.73. The van der Waals surface area contributed by atoms with Gasteiger partial charge in [0.1, 0.15) is 18.0 Å². The first-order chi connectivity index (χ1) is 13.8. The first kappa shape index (κ1) is 23.8. The highest BCUT2D eigenvalue weighted by molar-refractivity contribution is 5.73. The van der Waals surface area contributed by atoms with E-state index in [9.17, 15) is 15.3 Å². The SMILES string of the molecule is CC/C=C(/CCN(C)C(C)C)c1c(C)cccc1OC1C[C@@H](O)[C@H](O)[C@@H](CO)O1. The van der Waals surface area contributed by atoms with Crippen molar-refractivity contribution in [1.29, 1.82) is 0 Å². The quantitative estimate of drug-likeness (QED) is 0.584. The number of ether oxygens (including phenoxy) is 2. The maximum Gasteiger partial charge on any atom is 0.202 e. The van der Waals surface area contributed by atoms with Crippen LogP contribution in [0, 0.1) is 6.92 Å². The van der Waals surface area contributed by atoms with Gasteiger partial charge in [0.15, 0.2) is 0 Å². The Morgan fingerprint density at radius 3 is 2.69 bits per heavy atom. The van der Waals surface area contributed by atoms with E-state index in [4.69, 9.17) is 9.47 Å². The predicted molar refractivity (Wildman–Crippen MR) is 115 cm³/mol. The molecule has 3 N–H and O–H groups in total. The van der Waals surface area contributed by atoms with Gasteiger partial charge in [-0.15, -0.1) is 0 Å². The van der Waals surface area contributed by atoms with Crippen molar-refractivity contribution in [3.8, 4) is 5.75 Å². The summed E-state index contributed by atoms with van der Waals surface area (Å²) in [5.74, 6) is 0.696. The summed E-state index contributed by atoms with van der Waals surface area (Å²) in [6.07, 6.45) is 0.508. The van der Waals surface area contributed by atoms with Crippen LogP contribution in [0.15, 0.2) is 24.3 Å². The zero-order valence-electron chi connectivity index (χ0n) is 18.3. The third-order valence-corrected chi connectivity index (χ3v) is 5.60. The minimum absolute atomic E-state index is 0.147. The van der Waals surface area contributed by atoms with Crippen LogP contribution in [0.2, 0.25) is 0 Å². The smallest absolute Gasteiger partial charge is 0.202 e. The second-order valence-electron chi connectivity index (χ2n) is 8.11. The van der Waals surface area contributed by atoms with E-state index in [1.54, 1.807) is 0 Å². The molecule has 1 aromatic carbocycles. The molecule has 1 fully saturated rings. The number of rotatable bonds is 9. The van der Waals surface area contributed by atoms with Crippen LogP contribution < -0.4 is 4.74 Å². The molecule has 6 nitrogen and oxygen atoms in total. The second kappa shape index (κ2) is 11.1. The molecule has 0 spiro atoms. The zero-order valence-corrected chi connectivity index (χ0v) is 18.3. The van der Waals surface area contributed by atoms with E-state index < -0.39 is 24.6 Å². The highest BCUT2D eigenvalue weighted by Gasteiger charge is 2.37. The Kier molecular flexibility index (Phi) is 9.11. The zero-order chi connectivity index (χ0) is 21.6. The molecule has 0 saturated carbocycles. The van der Waals surface area contributed by atoms with Crippen molar-refractivity contribution in [2.75, 3.05) is 20.2 Å². The lowest BCUT2D eigenvalue weighted by atomic mass is 9.95. The molecule has 0 bridgehead atoms. The van der Waals surface area contributed by atoms with Gasteiger partial charge in [0.05, 0.1) is 12.7 Å². The van der Waals surface area contributed by atoms with Crippen molar-refractivity contribution in [1.82, 2.24) is 4.90 Å². The minimum atomic E-state index is -1.11. The molecule has 0 aromatic heterocycles. The van der Waals surface area contributed by atoms with Gasteiger partial charge in [-0.25, -0.2) is 0 Å². The molecule has 1 aliphatic heterocycles. The highest BCUT2D eigenvalue weighted by Crippen LogP contribution is 2.34. The van der Waals surface area contributed by atoms with Crippen LogP contribution in [-0.4, -0.2) is 71.1 Å². The Hall–Kier alpha value is -1.44. The fourth-order valence-corrected chi connectivity index (χ4v) is 3.57. The van der Waals surface area contributed by atoms with E-state index in [0.717, 1.165) is 30.5 Å². The molecule has 1 heterocycles. The number of aliphatic hydroxyl groups is 3. The van der Waals surface area contributed by atoms with Crippen molar-refractivity contribution in [3.63, 3.8) is 0 Å². The Morgan fingerprint density at radius 1 is 1.34 bits per heavy atom. The normalized spacial score (nSPS) is 25.7. The van der Waals surface area contributed by atoms with E-state index in [0.29, 0.717) is 11.8 Å². The molecule has 4 atom stereocenters. The molecule has 1 unspecified atom stereocenters. The van der Waals surface area contributed by atoms with Crippen LogP contribution in [0.5, 0.6) is 5.75 Å². The van der Waals surface area contributed by atoms with Crippen molar-refractivity contribution in [3.05, 3.63) is 35.4 Å². The number of aliphatic hydroxyl groups excluding tert-OH is 3. The van der Waals surface area contributed by atoms with Crippen LogP contribution in [0.4, 0.5) is 0 Å². The van der Waals surface area contributed by atoms with Crippen LogP contribution in [-0.2, 0) is 4.74 Å². The molecule has 1 aromatic rings. The lowest BCUT2D eigenvalue weighted by molar-refractivity contribution is -0.230. The Balaban J connectivity index is 2.25. The first-order valence-corrected chi connectivity index (χ1v) is 10.6. The molecular weight excluding hydrogens is 370 g/mol. The molecule has 1 saturated heterocycles. The third-order valence-electron chi connectivity index (χ3n) is 5.60. The van der Waals surface area contributed by atoms with E-state index in [1.807, 2.05) is 12.1 Å². The molecule has 1 aliphatic rings. The molecule has 0 radical (unpaired) electrons. The second-order valence-corrected chi connectivity index (χ2v) is 8.11. The third kappa shape index (κ3) is 6.27. The lowest BCUT2D eigenvalue weighted by Crippen LogP contribution is -2.51. The highest BCUT2D eigenvalue weighted by atomic mass is 16.7. The molecular formula is C23H37NO5. The van der Waals surface area contributed by atoms with E-state index in [-0.39, 0.29) is 13.0 Å². The van der Waals surface area contributed by atoms with Crippen LogP contribution in [0.1, 0.15) is 51.2 Å². The van der Waals surface area contributed by atoms with Gasteiger partial charge in [-0.05, 0) is 57.9 Å². The first-order valence-electron chi connectivity index (χ1n) is 10.6. The minimum Gasteiger partial charge on any atom is -0.464 e. The maximum atomic E-state index is 10.1. The van der Waals surface area contributed by atoms with Crippen molar-refractivity contribution in [2.45, 2.75) is 77.6 Å². The van der Waals surface area contributed by atoms with Gasteiger partial charge in [-0.2, -0.15) is 0 Å². The average Bonchev–Trinajstić information content (AvgIpc) is 2.68. The van der Waals surface area contributed by atoms with Crippen LogP contribution >= 0.6 is 0 Å². The monoisotopic (exact) mass is 407 g/mol. The van der Waals surface area contributed by atoms with Gasteiger partial charge in [-0.1, -0.05) is 25.1 Å². The van der Waals surface area contributed by atoms with Crippen molar-refractivity contribution in [2.24, 2.45) is 0 Å². The summed E-state index contributed by atoms with van der Waals surface area (Å²) in [4.78, 5) is 2.32. The van der Waals surface area contributed by atoms with Gasteiger partial charge >= 0.3 is 0 Å². The van der Waals surface area contributed by atoms with Crippen LogP contribution in [0.25, 0.3) is 5.57 Å². The summed E-state index contributed by atoms with van der Waals surface area (Å²) in [7, 11) is 2.13. The number of hydrogen-bond donors (Lipinski definition) is 3. The molecule has 6 heteroatoms. The largest absolute Gasteiger partial charge is 0.464 e. The van der Waals surface area contributed by atoms with Gasteiger partial charge in [0.25, 0.3) is 0 Å². The van der Waals surface area contributed by atoms with Crippen molar-refractivity contribution < 1.29 is 24.8 Å². The van der Waals surface area contributed by atoms with Crippen molar-refractivity contribution >= 4 is 5.57 Å². The Bertz CT molecular complexity index is 675. The van der Waals surface area contributed by atoms with Gasteiger partial charge in [0.2, 0.25) is 6.29 Å². The number of benzene rings is 1. The van der Waals surface area contributed by atoms with E-state index >= 15 is 0 Å². The summed E-state index contributed by atoms with van der Waals surface area (Å²) in [6, 6.07) is 6.39. The maximum absolute atomic E-state index is 10.1. The molecule has 0 aliphatic carbocycles. The summed E-state index contributed by atoms with van der Waals surface area (Å²) < 4.78 is 11.8. The summed E-state index contributed by atoms with van der Waals surface area (Å²) in [6.45, 7) is 9.12. The average molecular weight is 408 g/mol. The lowest BCUT2D eigenvalue weighted by Gasteiger charge is -2.36. The standard InChI is InChI=1S/C23H37NO5/c1-6-8-17(11-12-24(5)15(2)3)22-16(4)9-7-10-19(22)28-21-13-18(26)23(27)20(14-25)29-21/h7-10,15,18,20-21,23,25-27H,6,11-14H2,1-5H3/b17-8-/t18-,20-,21?,23+/m1/s1. The van der Waals surface area contributed by atoms with E-state index in [1.165, 1.54) is 5.57 Å². The topological polar surface area (TPSA) is 82.4 Å². The molecule has 164 valence electrons. The summed E-state index contributed by atoms with van der Waals surface area (Å²) in [5.41, 5.74) is 3.39. The van der Waals surface area contributed by atoms with Gasteiger partial charge in [0, 0.05) is 24.6 Å². The van der Waals surface area contributed by atoms with Gasteiger partial charge in [-0.3, -0.25) is 0 Å². The number of hydrogen-bond acceptors (Lipinski definition) is 6. The number of allylic oxidation sites excluding steroid dienone is 1. The summed E-state index contributed by atoms with van der Waals surface area (Å²) in [5, 5.41) is 29.5. The van der Waals surface area contributed by atoms with E-state index in [2.05, 4.69) is 51.8 Å². The molecule has 29 heavy (non-hydrogen) atoms. The number of aryl methyl sites for hydroxylation is 1. The summed E-state index contributed by atoms with van der Waals surface area (Å²) >= 11 is 0. The fourth-order valence-electron chi connectivity index (χ4n) is 3.57. The van der Waals surface area contributed by atoms with Crippen LogP contribution in [0.3, 0.4) is 0 Å². The fraction of sp³-hybridized carbons (Fsp3) is 0.652. The number of nitrogens with zero attached hydrogens (tertiary/aromatic N) is 1. The Labute approximate surface area is 174 Å². The molecule has 2 rings (SSSR count). The molecule has 0 amide bonds. The Morgan fingerprint density at radius 2 is 2.07 bits per heavy atom.